The minimum Gasteiger partial charge on any atom is -0.345 e. The maximum absolute atomic E-state index is 13.8. The standard InChI is InChI=1S/C23H16F2N2O3/c24-16-5-1-3-13(9-16)10-20(14-4-2-6-17(25)11-14)26-21(28)15-7-8-18-19(12-15)23(30)27-22(18)29/h1-9,11-12,20H,10H2,(H,26,28)(H,27,29,30). The van der Waals surface area contributed by atoms with Crippen molar-refractivity contribution in [1.29, 1.82) is 0 Å². The average molecular weight is 406 g/mol. The van der Waals surface area contributed by atoms with Crippen LogP contribution in [-0.4, -0.2) is 17.7 Å². The first-order valence-corrected chi connectivity index (χ1v) is 9.21. The minimum absolute atomic E-state index is 0.125. The largest absolute Gasteiger partial charge is 0.345 e. The predicted octanol–water partition coefficient (Wildman–Crippen LogP) is 3.56. The fourth-order valence-electron chi connectivity index (χ4n) is 3.43. The average Bonchev–Trinajstić information content (AvgIpc) is 3.01. The topological polar surface area (TPSA) is 75.3 Å². The summed E-state index contributed by atoms with van der Waals surface area (Å²) in [6, 6.07) is 15.3. The van der Waals surface area contributed by atoms with Crippen molar-refractivity contribution in [3.63, 3.8) is 0 Å². The van der Waals surface area contributed by atoms with Gasteiger partial charge in [-0.1, -0.05) is 24.3 Å². The molecule has 0 spiro atoms. The van der Waals surface area contributed by atoms with Crippen LogP contribution in [-0.2, 0) is 6.42 Å². The highest BCUT2D eigenvalue weighted by atomic mass is 19.1. The second-order valence-electron chi connectivity index (χ2n) is 6.96. The minimum atomic E-state index is -0.640. The van der Waals surface area contributed by atoms with Crippen LogP contribution in [0.4, 0.5) is 8.78 Å². The van der Waals surface area contributed by atoms with Gasteiger partial charge in [-0.2, -0.15) is 0 Å². The predicted molar refractivity (Wildman–Crippen MR) is 105 cm³/mol. The van der Waals surface area contributed by atoms with Crippen LogP contribution in [0, 0.1) is 11.6 Å². The summed E-state index contributed by atoms with van der Waals surface area (Å²) in [5.74, 6) is -2.45. The summed E-state index contributed by atoms with van der Waals surface area (Å²) in [4.78, 5) is 36.4. The van der Waals surface area contributed by atoms with Gasteiger partial charge in [0.25, 0.3) is 17.7 Å². The van der Waals surface area contributed by atoms with E-state index in [4.69, 9.17) is 0 Å². The molecule has 0 bridgehead atoms. The van der Waals surface area contributed by atoms with Gasteiger partial charge in [-0.05, 0) is 60.0 Å². The van der Waals surface area contributed by atoms with E-state index in [0.29, 0.717) is 11.1 Å². The Morgan fingerprint density at radius 1 is 0.867 bits per heavy atom. The van der Waals surface area contributed by atoms with Crippen molar-refractivity contribution in [2.75, 3.05) is 0 Å². The van der Waals surface area contributed by atoms with E-state index in [0.717, 1.165) is 0 Å². The van der Waals surface area contributed by atoms with Gasteiger partial charge in [0.05, 0.1) is 17.2 Å². The second-order valence-corrected chi connectivity index (χ2v) is 6.96. The van der Waals surface area contributed by atoms with Crippen molar-refractivity contribution in [1.82, 2.24) is 10.6 Å². The van der Waals surface area contributed by atoms with Crippen molar-refractivity contribution in [3.05, 3.63) is 106 Å². The number of hydrogen-bond acceptors (Lipinski definition) is 3. The molecular weight excluding hydrogens is 390 g/mol. The van der Waals surface area contributed by atoms with Gasteiger partial charge in [0.15, 0.2) is 0 Å². The summed E-state index contributed by atoms with van der Waals surface area (Å²) in [6.45, 7) is 0. The monoisotopic (exact) mass is 406 g/mol. The van der Waals surface area contributed by atoms with E-state index in [-0.39, 0.29) is 23.1 Å². The van der Waals surface area contributed by atoms with E-state index >= 15 is 0 Å². The molecule has 1 aliphatic rings. The van der Waals surface area contributed by atoms with E-state index in [2.05, 4.69) is 10.6 Å². The van der Waals surface area contributed by atoms with E-state index in [9.17, 15) is 23.2 Å². The van der Waals surface area contributed by atoms with Crippen molar-refractivity contribution in [2.24, 2.45) is 0 Å². The van der Waals surface area contributed by atoms with Crippen LogP contribution in [0.5, 0.6) is 0 Å². The molecule has 3 aromatic carbocycles. The molecule has 0 aromatic heterocycles. The number of benzene rings is 3. The Hall–Kier alpha value is -3.87. The number of rotatable bonds is 5. The van der Waals surface area contributed by atoms with Crippen LogP contribution in [0.15, 0.2) is 66.7 Å². The molecule has 1 unspecified atom stereocenters. The zero-order valence-corrected chi connectivity index (χ0v) is 15.6. The fraction of sp³-hybridized carbons (Fsp3) is 0.0870. The molecule has 3 amide bonds. The van der Waals surface area contributed by atoms with Crippen molar-refractivity contribution in [3.8, 4) is 0 Å². The molecule has 1 aliphatic heterocycles. The maximum Gasteiger partial charge on any atom is 0.258 e. The Kier molecular flexibility index (Phi) is 5.10. The van der Waals surface area contributed by atoms with Gasteiger partial charge in [0, 0.05) is 5.56 Å². The molecule has 4 rings (SSSR count). The smallest absolute Gasteiger partial charge is 0.258 e. The number of hydrogen-bond donors (Lipinski definition) is 2. The Morgan fingerprint density at radius 3 is 2.30 bits per heavy atom. The molecular formula is C23H16F2N2O3. The van der Waals surface area contributed by atoms with Crippen LogP contribution in [0.2, 0.25) is 0 Å². The number of nitrogens with one attached hydrogen (secondary N) is 2. The first-order chi connectivity index (χ1) is 14.4. The quantitative estimate of drug-likeness (QED) is 0.637. The van der Waals surface area contributed by atoms with Crippen molar-refractivity contribution >= 4 is 17.7 Å². The third-order valence-corrected chi connectivity index (χ3v) is 4.88. The molecule has 3 aromatic rings. The number of carbonyl (C=O) groups is 3. The summed E-state index contributed by atoms with van der Waals surface area (Å²) in [5, 5.41) is 4.99. The lowest BCUT2D eigenvalue weighted by Crippen LogP contribution is -2.30. The van der Waals surface area contributed by atoms with Gasteiger partial charge < -0.3 is 5.32 Å². The van der Waals surface area contributed by atoms with Crippen LogP contribution in [0.3, 0.4) is 0 Å². The van der Waals surface area contributed by atoms with Crippen LogP contribution in [0.1, 0.15) is 48.2 Å². The third kappa shape index (κ3) is 3.96. The normalized spacial score (nSPS) is 13.5. The summed E-state index contributed by atoms with van der Waals surface area (Å²) in [6.07, 6.45) is 0.233. The highest BCUT2D eigenvalue weighted by molar-refractivity contribution is 6.22. The Labute approximate surface area is 170 Å². The molecule has 0 saturated heterocycles. The molecule has 0 fully saturated rings. The number of halogens is 2. The lowest BCUT2D eigenvalue weighted by molar-refractivity contribution is 0.0878. The Balaban J connectivity index is 1.63. The maximum atomic E-state index is 13.8. The van der Waals surface area contributed by atoms with Gasteiger partial charge in [-0.25, -0.2) is 8.78 Å². The summed E-state index contributed by atoms with van der Waals surface area (Å²) in [5.41, 5.74) is 1.66. The van der Waals surface area contributed by atoms with Crippen molar-refractivity contribution in [2.45, 2.75) is 12.5 Å². The molecule has 30 heavy (non-hydrogen) atoms. The molecule has 5 nitrogen and oxygen atoms in total. The van der Waals surface area contributed by atoms with E-state index in [1.54, 1.807) is 18.2 Å². The highest BCUT2D eigenvalue weighted by Gasteiger charge is 2.28. The van der Waals surface area contributed by atoms with Gasteiger partial charge in [0.1, 0.15) is 11.6 Å². The van der Waals surface area contributed by atoms with Crippen LogP contribution < -0.4 is 10.6 Å². The van der Waals surface area contributed by atoms with Crippen molar-refractivity contribution < 1.29 is 23.2 Å². The summed E-state index contributed by atoms with van der Waals surface area (Å²) < 4.78 is 27.4. The Bertz CT molecular complexity index is 1180. The molecule has 150 valence electrons. The van der Waals surface area contributed by atoms with Gasteiger partial charge in [0.2, 0.25) is 0 Å². The number of imide groups is 1. The van der Waals surface area contributed by atoms with Crippen LogP contribution >= 0.6 is 0 Å². The highest BCUT2D eigenvalue weighted by Crippen LogP contribution is 2.22. The first kappa shape index (κ1) is 19.4. The fourth-order valence-corrected chi connectivity index (χ4v) is 3.43. The summed E-state index contributed by atoms with van der Waals surface area (Å²) >= 11 is 0. The molecule has 0 saturated carbocycles. The van der Waals surface area contributed by atoms with Crippen LogP contribution in [0.25, 0.3) is 0 Å². The molecule has 2 N–H and O–H groups in total. The lowest BCUT2D eigenvalue weighted by Gasteiger charge is -2.20. The number of fused-ring (bicyclic) bond motifs is 1. The lowest BCUT2D eigenvalue weighted by atomic mass is 9.97. The molecule has 1 atom stereocenters. The zero-order chi connectivity index (χ0) is 21.3. The van der Waals surface area contributed by atoms with Gasteiger partial charge >= 0.3 is 0 Å². The summed E-state index contributed by atoms with van der Waals surface area (Å²) in [7, 11) is 0. The first-order valence-electron chi connectivity index (χ1n) is 9.21. The SMILES string of the molecule is O=C(NC(Cc1cccc(F)c1)c1cccc(F)c1)c1ccc2c(c1)C(=O)NC2=O. The molecule has 0 radical (unpaired) electrons. The van der Waals surface area contributed by atoms with E-state index in [1.165, 1.54) is 48.5 Å². The van der Waals surface area contributed by atoms with Gasteiger partial charge in [-0.15, -0.1) is 0 Å². The molecule has 1 heterocycles. The van der Waals surface area contributed by atoms with E-state index < -0.39 is 35.4 Å². The molecule has 7 heteroatoms. The number of carbonyl (C=O) groups excluding carboxylic acids is 3. The number of amides is 3. The third-order valence-electron chi connectivity index (χ3n) is 4.88. The Morgan fingerprint density at radius 2 is 1.57 bits per heavy atom. The molecule has 0 aliphatic carbocycles. The van der Waals surface area contributed by atoms with Gasteiger partial charge in [-0.3, -0.25) is 19.7 Å². The second kappa shape index (κ2) is 7.87. The zero-order valence-electron chi connectivity index (χ0n) is 15.6. The van der Waals surface area contributed by atoms with E-state index in [1.807, 2.05) is 0 Å².